The van der Waals surface area contributed by atoms with E-state index in [9.17, 15) is 18.0 Å². The monoisotopic (exact) mass is 565 g/mol. The van der Waals surface area contributed by atoms with Crippen LogP contribution in [-0.2, 0) is 9.05 Å². The van der Waals surface area contributed by atoms with Gasteiger partial charge >= 0.3 is 140 Å². The molecule has 8 nitrogen and oxygen atoms in total. The average molecular weight is 565 g/mol. The van der Waals surface area contributed by atoms with Crippen molar-refractivity contribution in [2.24, 2.45) is 4.52 Å². The van der Waals surface area contributed by atoms with Crippen molar-refractivity contribution in [2.75, 3.05) is 13.2 Å². The van der Waals surface area contributed by atoms with Gasteiger partial charge in [-0.25, -0.2) is 0 Å². The van der Waals surface area contributed by atoms with Gasteiger partial charge in [0.15, 0.2) is 11.6 Å². The molecule has 2 N–H and O–H groups in total. The van der Waals surface area contributed by atoms with Crippen LogP contribution in [0.3, 0.4) is 0 Å². The maximum absolute atomic E-state index is 15.1. The van der Waals surface area contributed by atoms with Gasteiger partial charge in [-0.15, -0.1) is 0 Å². The Morgan fingerprint density at radius 1 is 0.861 bits per heavy atom. The van der Waals surface area contributed by atoms with Gasteiger partial charge in [0, 0.05) is 11.1 Å². The number of halogens is 3. The minimum Gasteiger partial charge on any atom is -0.289 e. The summed E-state index contributed by atoms with van der Waals surface area (Å²) in [5, 5.41) is 0. The number of nitrogens with one attached hydrogen (secondary N) is 2. The number of carbonyl (C=O) groups is 2. The predicted octanol–water partition coefficient (Wildman–Crippen LogP) is 7.41. The van der Waals surface area contributed by atoms with Crippen LogP contribution >= 0.6 is 23.9 Å². The summed E-state index contributed by atoms with van der Waals surface area (Å²) in [6, 6.07) is 14.7. The first-order chi connectivity index (χ1) is 17.1. The zero-order chi connectivity index (χ0) is 26.2. The Labute approximate surface area is 209 Å². The molecule has 0 saturated carbocycles. The normalized spacial score (nSPS) is 23.4. The fourth-order valence-corrected chi connectivity index (χ4v) is 12.3. The molecule has 0 amide bonds. The number of nitrogens with zero attached hydrogens (tertiary/aromatic N) is 1. The standard InChI is InChI=1S/C12H23F3N3O3P3.C10H6O2/c1-3-10-19-22(13)16-23(14,20-11-4-2)18-24(15,17-22)21-12-8-6-5-7-9-12;11-9-5-6-10(12)8-4-2-1-3-7(8)9/h5-9,16-17,22-23H,3-4,10-11H2,1-2H3;1-6H. The van der Waals surface area contributed by atoms with Gasteiger partial charge in [0.05, 0.1) is 0 Å². The van der Waals surface area contributed by atoms with E-state index in [1.54, 1.807) is 56.3 Å². The Hall–Kier alpha value is -1.96. The van der Waals surface area contributed by atoms with Gasteiger partial charge in [0.1, 0.15) is 0 Å². The molecular weight excluding hydrogens is 536 g/mol. The van der Waals surface area contributed by atoms with Gasteiger partial charge in [0.25, 0.3) is 0 Å². The second-order valence-corrected chi connectivity index (χ2v) is 14.5. The molecule has 0 aromatic heterocycles. The van der Waals surface area contributed by atoms with Crippen molar-refractivity contribution in [1.82, 2.24) is 9.72 Å². The number of fused-ring (bicyclic) bond motifs is 1. The first kappa shape index (κ1) is 28.6. The molecule has 0 fully saturated rings. The fraction of sp³-hybridized carbons (Fsp3) is 0.273. The number of carbonyl (C=O) groups excluding carboxylic acids is 2. The third-order valence-corrected chi connectivity index (χ3v) is 13.1. The van der Waals surface area contributed by atoms with Crippen molar-refractivity contribution in [2.45, 2.75) is 26.7 Å². The topological polar surface area (TPSA) is 98.2 Å². The summed E-state index contributed by atoms with van der Waals surface area (Å²) in [5.74, 6) is -0.0689. The van der Waals surface area contributed by atoms with Gasteiger partial charge in [-0.2, -0.15) is 0 Å². The van der Waals surface area contributed by atoms with Gasteiger partial charge in [-0.05, 0) is 12.2 Å². The van der Waals surface area contributed by atoms with Gasteiger partial charge in [0.2, 0.25) is 0 Å². The molecular formula is C22H29F3N3O5P3. The van der Waals surface area contributed by atoms with Crippen LogP contribution in [0.15, 0.2) is 71.3 Å². The molecule has 4 rings (SSSR count). The van der Waals surface area contributed by atoms with E-state index in [1.165, 1.54) is 24.3 Å². The molecule has 0 bridgehead atoms. The number of benzene rings is 2. The largest absolute Gasteiger partial charge is 0.289 e. The fourth-order valence-electron chi connectivity index (χ4n) is 3.14. The molecule has 0 spiro atoms. The molecule has 1 aliphatic heterocycles. The Bertz CT molecular complexity index is 1140. The summed E-state index contributed by atoms with van der Waals surface area (Å²) in [6.45, 7) is 3.51. The van der Waals surface area contributed by atoms with E-state index >= 15 is 4.20 Å². The molecule has 0 radical (unpaired) electrons. The van der Waals surface area contributed by atoms with E-state index in [0.29, 0.717) is 24.0 Å². The van der Waals surface area contributed by atoms with Crippen molar-refractivity contribution >= 4 is 35.5 Å². The molecule has 2 aliphatic rings. The number of rotatable bonds is 8. The smallest absolute Gasteiger partial charge is 0.186 e. The number of ketones is 2. The zero-order valence-corrected chi connectivity index (χ0v) is 22.6. The Morgan fingerprint density at radius 3 is 1.94 bits per heavy atom. The average Bonchev–Trinajstić information content (AvgIpc) is 2.84. The molecule has 2 aromatic rings. The van der Waals surface area contributed by atoms with Crippen molar-refractivity contribution in [3.8, 4) is 5.75 Å². The number of allylic oxidation sites excluding steroid dienone is 2. The minimum atomic E-state index is -4.71. The quantitative estimate of drug-likeness (QED) is 0.322. The van der Waals surface area contributed by atoms with E-state index in [4.69, 9.17) is 13.6 Å². The van der Waals surface area contributed by atoms with Crippen molar-refractivity contribution in [3.05, 3.63) is 77.9 Å². The summed E-state index contributed by atoms with van der Waals surface area (Å²) >= 11 is 0. The maximum Gasteiger partial charge on any atom is 0.186 e. The van der Waals surface area contributed by atoms with Crippen molar-refractivity contribution in [1.29, 1.82) is 0 Å². The van der Waals surface area contributed by atoms with Crippen LogP contribution in [0.1, 0.15) is 47.4 Å². The second-order valence-electron chi connectivity index (χ2n) is 7.70. The van der Waals surface area contributed by atoms with E-state index in [2.05, 4.69) is 4.52 Å². The molecule has 1 heterocycles. The molecule has 1 unspecified atom stereocenters. The summed E-state index contributed by atoms with van der Waals surface area (Å²) in [6.07, 6.45) is 3.60. The SMILES string of the molecule is CCCO[PH]1(F)N=P(F)(Oc2ccccc2)N[PH](F)(OCCC)N1.O=C1C=CC(=O)c2ccccc21. The van der Waals surface area contributed by atoms with E-state index in [1.807, 2.05) is 9.72 Å². The van der Waals surface area contributed by atoms with Crippen molar-refractivity contribution in [3.63, 3.8) is 0 Å². The molecule has 2 aromatic carbocycles. The third kappa shape index (κ3) is 7.77. The molecule has 36 heavy (non-hydrogen) atoms. The molecule has 0 saturated heterocycles. The van der Waals surface area contributed by atoms with Crippen LogP contribution in [-0.4, -0.2) is 24.8 Å². The minimum absolute atomic E-state index is 0.00627. The van der Waals surface area contributed by atoms with Crippen molar-refractivity contribution < 1.29 is 35.8 Å². The zero-order valence-electron chi connectivity index (χ0n) is 19.7. The maximum atomic E-state index is 15.1. The van der Waals surface area contributed by atoms with Crippen LogP contribution in [0.4, 0.5) is 12.6 Å². The third-order valence-electron chi connectivity index (χ3n) is 4.67. The predicted molar refractivity (Wildman–Crippen MR) is 139 cm³/mol. The molecule has 1 aliphatic carbocycles. The van der Waals surface area contributed by atoms with Gasteiger partial charge < -0.3 is 0 Å². The van der Waals surface area contributed by atoms with E-state index in [-0.39, 0.29) is 30.5 Å². The number of hydrogen-bond donors (Lipinski definition) is 2. The second kappa shape index (κ2) is 12.5. The molecule has 14 heteroatoms. The van der Waals surface area contributed by atoms with Crippen LogP contribution in [0.2, 0.25) is 0 Å². The first-order valence-corrected chi connectivity index (χ1v) is 16.4. The van der Waals surface area contributed by atoms with E-state index < -0.39 is 23.9 Å². The van der Waals surface area contributed by atoms with Gasteiger partial charge in [-0.1, -0.05) is 24.3 Å². The van der Waals surface area contributed by atoms with Crippen LogP contribution in [0.5, 0.6) is 5.75 Å². The Balaban J connectivity index is 0.000000249. The summed E-state index contributed by atoms with van der Waals surface area (Å²) in [7, 11) is -13.8. The number of para-hydroxylation sites is 1. The molecule has 198 valence electrons. The van der Waals surface area contributed by atoms with Crippen LogP contribution in [0.25, 0.3) is 0 Å². The van der Waals surface area contributed by atoms with Gasteiger partial charge in [-0.3, -0.25) is 9.59 Å². The number of hydrogen-bond acceptors (Lipinski definition) is 8. The Kier molecular flexibility index (Phi) is 9.95. The molecule has 1 atom stereocenters. The Morgan fingerprint density at radius 2 is 1.39 bits per heavy atom. The summed E-state index contributed by atoms with van der Waals surface area (Å²) < 4.78 is 63.6. The summed E-state index contributed by atoms with van der Waals surface area (Å²) in [5.41, 5.74) is 1.01. The van der Waals surface area contributed by atoms with Crippen LogP contribution < -0.4 is 14.2 Å². The first-order valence-electron chi connectivity index (χ1n) is 11.3. The summed E-state index contributed by atoms with van der Waals surface area (Å²) in [4.78, 5) is 26.5. The van der Waals surface area contributed by atoms with E-state index in [0.717, 1.165) is 0 Å². The van der Waals surface area contributed by atoms with Crippen LogP contribution in [0, 0.1) is 0 Å².